The molecule has 0 spiro atoms. The zero-order chi connectivity index (χ0) is 18.9. The van der Waals surface area contributed by atoms with E-state index in [9.17, 15) is 0 Å². The SMILES string of the molecule is CCNC(=NCc1cccc(OC)c1)NCc1ccccc1-n1ccnc1. The van der Waals surface area contributed by atoms with Crippen LogP contribution in [0.2, 0.25) is 0 Å². The van der Waals surface area contributed by atoms with Crippen molar-refractivity contribution in [2.45, 2.75) is 20.0 Å². The van der Waals surface area contributed by atoms with E-state index >= 15 is 0 Å². The topological polar surface area (TPSA) is 63.5 Å². The Bertz CT molecular complexity index is 874. The molecule has 1 heterocycles. The fourth-order valence-electron chi connectivity index (χ4n) is 2.78. The molecule has 0 bridgehead atoms. The van der Waals surface area contributed by atoms with Crippen LogP contribution < -0.4 is 15.4 Å². The van der Waals surface area contributed by atoms with Crippen LogP contribution in [0.3, 0.4) is 0 Å². The number of nitrogens with one attached hydrogen (secondary N) is 2. The molecule has 140 valence electrons. The first-order chi connectivity index (χ1) is 13.3. The number of rotatable bonds is 7. The predicted octanol–water partition coefficient (Wildman–Crippen LogP) is 3.14. The molecular weight excluding hydrogens is 338 g/mol. The van der Waals surface area contributed by atoms with Gasteiger partial charge < -0.3 is 19.9 Å². The molecule has 1 aromatic heterocycles. The first-order valence-corrected chi connectivity index (χ1v) is 9.01. The number of para-hydroxylation sites is 1. The van der Waals surface area contributed by atoms with E-state index in [1.807, 2.05) is 47.2 Å². The average Bonchev–Trinajstić information content (AvgIpc) is 3.25. The van der Waals surface area contributed by atoms with Crippen LogP contribution in [0.1, 0.15) is 18.1 Å². The largest absolute Gasteiger partial charge is 0.497 e. The highest BCUT2D eigenvalue weighted by Crippen LogP contribution is 2.14. The number of benzene rings is 2. The summed E-state index contributed by atoms with van der Waals surface area (Å²) in [6, 6.07) is 16.2. The summed E-state index contributed by atoms with van der Waals surface area (Å²) in [7, 11) is 1.67. The van der Waals surface area contributed by atoms with Crippen molar-refractivity contribution in [3.63, 3.8) is 0 Å². The van der Waals surface area contributed by atoms with Gasteiger partial charge in [-0.25, -0.2) is 9.98 Å². The number of nitrogens with zero attached hydrogens (tertiary/aromatic N) is 3. The van der Waals surface area contributed by atoms with Gasteiger partial charge in [0, 0.05) is 25.5 Å². The third kappa shape index (κ3) is 5.10. The minimum absolute atomic E-state index is 0.579. The van der Waals surface area contributed by atoms with Gasteiger partial charge in [-0.05, 0) is 36.2 Å². The minimum Gasteiger partial charge on any atom is -0.497 e. The number of hydrogen-bond acceptors (Lipinski definition) is 3. The molecule has 0 amide bonds. The first kappa shape index (κ1) is 18.5. The molecule has 0 radical (unpaired) electrons. The quantitative estimate of drug-likeness (QED) is 0.500. The van der Waals surface area contributed by atoms with Crippen molar-refractivity contribution in [1.82, 2.24) is 20.2 Å². The molecule has 2 N–H and O–H groups in total. The van der Waals surface area contributed by atoms with Crippen molar-refractivity contribution < 1.29 is 4.74 Å². The molecule has 0 unspecified atom stereocenters. The Morgan fingerprint density at radius 1 is 1.15 bits per heavy atom. The molecule has 0 atom stereocenters. The van der Waals surface area contributed by atoms with Crippen LogP contribution in [0.15, 0.2) is 72.2 Å². The maximum absolute atomic E-state index is 5.28. The third-order valence-electron chi connectivity index (χ3n) is 4.12. The Morgan fingerprint density at radius 3 is 2.81 bits per heavy atom. The summed E-state index contributed by atoms with van der Waals surface area (Å²) in [6.07, 6.45) is 5.53. The van der Waals surface area contributed by atoms with E-state index < -0.39 is 0 Å². The van der Waals surface area contributed by atoms with Gasteiger partial charge in [-0.3, -0.25) is 0 Å². The molecule has 3 rings (SSSR count). The molecule has 0 fully saturated rings. The van der Waals surface area contributed by atoms with Gasteiger partial charge in [-0.2, -0.15) is 0 Å². The monoisotopic (exact) mass is 363 g/mol. The van der Waals surface area contributed by atoms with E-state index in [2.05, 4.69) is 39.7 Å². The summed E-state index contributed by atoms with van der Waals surface area (Å²) in [6.45, 7) is 4.10. The summed E-state index contributed by atoms with van der Waals surface area (Å²) < 4.78 is 7.29. The molecule has 0 saturated carbocycles. The van der Waals surface area contributed by atoms with E-state index in [1.165, 1.54) is 5.56 Å². The maximum Gasteiger partial charge on any atom is 0.191 e. The standard InChI is InChI=1S/C21H25N5O/c1-3-23-21(24-14-17-7-6-9-19(13-17)27-2)25-15-18-8-4-5-10-20(18)26-12-11-22-16-26/h4-13,16H,3,14-15H2,1-2H3,(H2,23,24,25). The molecule has 0 aliphatic rings. The lowest BCUT2D eigenvalue weighted by atomic mass is 10.1. The second-order valence-electron chi connectivity index (χ2n) is 6.00. The van der Waals surface area contributed by atoms with Crippen LogP contribution in [0, 0.1) is 0 Å². The summed E-state index contributed by atoms with van der Waals surface area (Å²) >= 11 is 0. The fraction of sp³-hybridized carbons (Fsp3) is 0.238. The molecule has 0 saturated heterocycles. The number of methoxy groups -OCH3 is 1. The second-order valence-corrected chi connectivity index (χ2v) is 6.00. The van der Waals surface area contributed by atoms with Crippen LogP contribution >= 0.6 is 0 Å². The van der Waals surface area contributed by atoms with Crippen molar-refractivity contribution in [2.75, 3.05) is 13.7 Å². The predicted molar refractivity (Wildman–Crippen MR) is 108 cm³/mol. The Balaban J connectivity index is 1.70. The van der Waals surface area contributed by atoms with Crippen LogP contribution in [-0.2, 0) is 13.1 Å². The van der Waals surface area contributed by atoms with Gasteiger partial charge in [0.1, 0.15) is 5.75 Å². The smallest absolute Gasteiger partial charge is 0.191 e. The lowest BCUT2D eigenvalue weighted by molar-refractivity contribution is 0.414. The van der Waals surface area contributed by atoms with E-state index in [-0.39, 0.29) is 0 Å². The molecular formula is C21H25N5O. The first-order valence-electron chi connectivity index (χ1n) is 9.01. The molecule has 0 aliphatic carbocycles. The van der Waals surface area contributed by atoms with Crippen molar-refractivity contribution in [3.8, 4) is 11.4 Å². The Kier molecular flexibility index (Phi) is 6.46. The highest BCUT2D eigenvalue weighted by molar-refractivity contribution is 5.79. The fourth-order valence-corrected chi connectivity index (χ4v) is 2.78. The van der Waals surface area contributed by atoms with Gasteiger partial charge >= 0.3 is 0 Å². The average molecular weight is 363 g/mol. The lowest BCUT2D eigenvalue weighted by Crippen LogP contribution is -2.37. The number of ether oxygens (including phenoxy) is 1. The van der Waals surface area contributed by atoms with E-state index in [0.717, 1.165) is 29.5 Å². The summed E-state index contributed by atoms with van der Waals surface area (Å²) in [4.78, 5) is 8.82. The molecule has 27 heavy (non-hydrogen) atoms. The Morgan fingerprint density at radius 2 is 2.04 bits per heavy atom. The normalized spacial score (nSPS) is 11.3. The number of aromatic nitrogens is 2. The number of imidazole rings is 1. The minimum atomic E-state index is 0.579. The number of aliphatic imine (C=N–C) groups is 1. The maximum atomic E-state index is 5.28. The van der Waals surface area contributed by atoms with Crippen molar-refractivity contribution in [3.05, 3.63) is 78.4 Å². The molecule has 6 nitrogen and oxygen atoms in total. The molecule has 0 aliphatic heterocycles. The van der Waals surface area contributed by atoms with Gasteiger partial charge in [-0.1, -0.05) is 30.3 Å². The van der Waals surface area contributed by atoms with Gasteiger partial charge in [0.15, 0.2) is 5.96 Å². The van der Waals surface area contributed by atoms with Crippen LogP contribution in [0.25, 0.3) is 5.69 Å². The van der Waals surface area contributed by atoms with Gasteiger partial charge in [0.05, 0.1) is 25.7 Å². The van der Waals surface area contributed by atoms with Crippen LogP contribution in [0.4, 0.5) is 0 Å². The summed E-state index contributed by atoms with van der Waals surface area (Å²) in [5.41, 5.74) is 3.37. The second kappa shape index (κ2) is 9.43. The summed E-state index contributed by atoms with van der Waals surface area (Å²) in [5.74, 6) is 1.62. The Hall–Kier alpha value is -3.28. The Labute approximate surface area is 159 Å². The van der Waals surface area contributed by atoms with Crippen molar-refractivity contribution in [2.24, 2.45) is 4.99 Å². The van der Waals surface area contributed by atoms with Gasteiger partial charge in [-0.15, -0.1) is 0 Å². The highest BCUT2D eigenvalue weighted by Gasteiger charge is 2.05. The number of guanidine groups is 1. The van der Waals surface area contributed by atoms with Crippen molar-refractivity contribution >= 4 is 5.96 Å². The summed E-state index contributed by atoms with van der Waals surface area (Å²) in [5, 5.41) is 6.71. The number of hydrogen-bond donors (Lipinski definition) is 2. The molecule has 2 aromatic carbocycles. The van der Waals surface area contributed by atoms with Crippen molar-refractivity contribution in [1.29, 1.82) is 0 Å². The van der Waals surface area contributed by atoms with Gasteiger partial charge in [0.2, 0.25) is 0 Å². The van der Waals surface area contributed by atoms with Crippen LogP contribution in [0.5, 0.6) is 5.75 Å². The van der Waals surface area contributed by atoms with E-state index in [4.69, 9.17) is 4.74 Å². The van der Waals surface area contributed by atoms with E-state index in [0.29, 0.717) is 13.1 Å². The molecule has 6 heteroatoms. The lowest BCUT2D eigenvalue weighted by Gasteiger charge is -2.14. The zero-order valence-corrected chi connectivity index (χ0v) is 15.7. The van der Waals surface area contributed by atoms with Gasteiger partial charge in [0.25, 0.3) is 0 Å². The highest BCUT2D eigenvalue weighted by atomic mass is 16.5. The third-order valence-corrected chi connectivity index (χ3v) is 4.12. The zero-order valence-electron chi connectivity index (χ0n) is 15.7. The molecule has 3 aromatic rings. The van der Waals surface area contributed by atoms with E-state index in [1.54, 1.807) is 19.6 Å². The van der Waals surface area contributed by atoms with Crippen LogP contribution in [-0.4, -0.2) is 29.2 Å².